The molecule has 0 aromatic carbocycles. The highest BCUT2D eigenvalue weighted by Gasteiger charge is 2.41. The lowest BCUT2D eigenvalue weighted by Crippen LogP contribution is -2.30. The summed E-state index contributed by atoms with van der Waals surface area (Å²) in [5, 5.41) is 3.99. The van der Waals surface area contributed by atoms with Crippen LogP contribution in [0.4, 0.5) is 5.69 Å². The van der Waals surface area contributed by atoms with E-state index < -0.39 is 0 Å². The van der Waals surface area contributed by atoms with E-state index in [2.05, 4.69) is 17.2 Å². The maximum atomic E-state index is 12.4. The number of nitrogen functional groups attached to an aromatic ring is 1. The summed E-state index contributed by atoms with van der Waals surface area (Å²) in [6.45, 7) is 4.95. The van der Waals surface area contributed by atoms with Crippen molar-refractivity contribution in [2.45, 2.75) is 39.5 Å². The minimum atomic E-state index is -0.0581. The Morgan fingerprint density at radius 2 is 2.29 bits per heavy atom. The number of hydrogen-bond acceptors (Lipinski definition) is 4. The largest absolute Gasteiger partial charge is 0.397 e. The molecule has 0 spiro atoms. The minimum Gasteiger partial charge on any atom is -0.397 e. The number of fused-ring (bicyclic) bond motifs is 1. The number of thiophene rings is 1. The smallest absolute Gasteiger partial charge is 0.263 e. The number of rotatable bonds is 5. The first-order chi connectivity index (χ1) is 10.1. The average molecular weight is 303 g/mol. The molecule has 1 aliphatic carbocycles. The number of nitrogens with one attached hydrogen (secondary N) is 1. The van der Waals surface area contributed by atoms with E-state index in [4.69, 9.17) is 5.73 Å². The van der Waals surface area contributed by atoms with Crippen molar-refractivity contribution in [3.63, 3.8) is 0 Å². The molecule has 21 heavy (non-hydrogen) atoms. The predicted molar refractivity (Wildman–Crippen MR) is 87.7 cm³/mol. The lowest BCUT2D eigenvalue weighted by Gasteiger charge is -2.14. The van der Waals surface area contributed by atoms with Gasteiger partial charge in [-0.25, -0.2) is 4.98 Å². The predicted octanol–water partition coefficient (Wildman–Crippen LogP) is 3.50. The van der Waals surface area contributed by atoms with E-state index >= 15 is 0 Å². The molecule has 0 bridgehead atoms. The Kier molecular flexibility index (Phi) is 3.61. The normalized spacial score (nSPS) is 16.1. The molecule has 0 radical (unpaired) electrons. The number of hydrogen-bond donors (Lipinski definition) is 2. The van der Waals surface area contributed by atoms with Crippen LogP contribution in [0.25, 0.3) is 10.2 Å². The number of aromatic nitrogens is 1. The number of nitrogens with two attached hydrogens (primary N) is 1. The highest BCUT2D eigenvalue weighted by molar-refractivity contribution is 7.21. The summed E-state index contributed by atoms with van der Waals surface area (Å²) in [5.41, 5.74) is 8.15. The second kappa shape index (κ2) is 5.30. The number of aryl methyl sites for hydroxylation is 1. The maximum Gasteiger partial charge on any atom is 0.263 e. The molecule has 0 saturated heterocycles. The topological polar surface area (TPSA) is 68.0 Å². The zero-order valence-electron chi connectivity index (χ0n) is 12.5. The standard InChI is InChI=1S/C16H21N3OS/c1-3-5-16(6-7-16)9-19-14(20)13-12(17)11-10(2)4-8-18-15(11)21-13/h4,8H,3,5-7,9,17H2,1-2H3,(H,19,20). The van der Waals surface area contributed by atoms with Crippen LogP contribution in [0, 0.1) is 12.3 Å². The molecule has 5 heteroatoms. The zero-order valence-corrected chi connectivity index (χ0v) is 13.3. The van der Waals surface area contributed by atoms with Gasteiger partial charge in [0.25, 0.3) is 5.91 Å². The summed E-state index contributed by atoms with van der Waals surface area (Å²) >= 11 is 1.38. The van der Waals surface area contributed by atoms with Gasteiger partial charge in [0.15, 0.2) is 0 Å². The number of pyridine rings is 1. The molecule has 0 unspecified atom stereocenters. The van der Waals surface area contributed by atoms with Crippen LogP contribution in [0.15, 0.2) is 12.3 Å². The van der Waals surface area contributed by atoms with Crippen molar-refractivity contribution in [1.82, 2.24) is 10.3 Å². The van der Waals surface area contributed by atoms with Gasteiger partial charge < -0.3 is 11.1 Å². The number of amides is 1. The monoisotopic (exact) mass is 303 g/mol. The minimum absolute atomic E-state index is 0.0581. The fraction of sp³-hybridized carbons (Fsp3) is 0.500. The summed E-state index contributed by atoms with van der Waals surface area (Å²) in [7, 11) is 0. The molecule has 0 atom stereocenters. The molecular formula is C16H21N3OS. The van der Waals surface area contributed by atoms with Crippen molar-refractivity contribution in [2.24, 2.45) is 5.41 Å². The first-order valence-corrected chi connectivity index (χ1v) is 8.30. The third kappa shape index (κ3) is 2.62. The fourth-order valence-electron chi connectivity index (χ4n) is 2.94. The van der Waals surface area contributed by atoms with E-state index in [9.17, 15) is 4.79 Å². The highest BCUT2D eigenvalue weighted by Crippen LogP contribution is 2.49. The molecule has 0 aliphatic heterocycles. The van der Waals surface area contributed by atoms with Gasteiger partial charge in [0.05, 0.1) is 5.69 Å². The lowest BCUT2D eigenvalue weighted by molar-refractivity contribution is 0.0948. The van der Waals surface area contributed by atoms with Gasteiger partial charge in [-0.1, -0.05) is 13.3 Å². The van der Waals surface area contributed by atoms with Gasteiger partial charge in [-0.15, -0.1) is 11.3 Å². The molecule has 3 N–H and O–H groups in total. The summed E-state index contributed by atoms with van der Waals surface area (Å²) in [6.07, 6.45) is 6.57. The van der Waals surface area contributed by atoms with Crippen LogP contribution in [0.1, 0.15) is 47.8 Å². The van der Waals surface area contributed by atoms with Gasteiger partial charge in [0.1, 0.15) is 9.71 Å². The van der Waals surface area contributed by atoms with Crippen LogP contribution in [-0.4, -0.2) is 17.4 Å². The zero-order chi connectivity index (χ0) is 15.0. The maximum absolute atomic E-state index is 12.4. The lowest BCUT2D eigenvalue weighted by atomic mass is 10.0. The Morgan fingerprint density at radius 1 is 1.52 bits per heavy atom. The van der Waals surface area contributed by atoms with Crippen LogP contribution in [0.3, 0.4) is 0 Å². The SMILES string of the molecule is CCCC1(CNC(=O)c2sc3nccc(C)c3c2N)CC1. The van der Waals surface area contributed by atoms with Crippen molar-refractivity contribution in [3.05, 3.63) is 22.7 Å². The molecule has 3 rings (SSSR count). The number of nitrogens with zero attached hydrogens (tertiary/aromatic N) is 1. The van der Waals surface area contributed by atoms with Crippen LogP contribution >= 0.6 is 11.3 Å². The molecule has 1 fully saturated rings. The molecule has 112 valence electrons. The Balaban J connectivity index is 1.79. The van der Waals surface area contributed by atoms with E-state index in [1.165, 1.54) is 37.0 Å². The summed E-state index contributed by atoms with van der Waals surface area (Å²) in [5.74, 6) is -0.0581. The van der Waals surface area contributed by atoms with E-state index in [1.807, 2.05) is 13.0 Å². The Hall–Kier alpha value is -1.62. The van der Waals surface area contributed by atoms with Crippen molar-refractivity contribution >= 4 is 33.1 Å². The molecule has 1 amide bonds. The molecular weight excluding hydrogens is 282 g/mol. The van der Waals surface area contributed by atoms with Gasteiger partial charge in [-0.2, -0.15) is 0 Å². The van der Waals surface area contributed by atoms with Gasteiger partial charge in [0, 0.05) is 18.1 Å². The quantitative estimate of drug-likeness (QED) is 0.888. The van der Waals surface area contributed by atoms with Gasteiger partial charge >= 0.3 is 0 Å². The number of anilines is 1. The summed E-state index contributed by atoms with van der Waals surface area (Å²) < 4.78 is 0. The van der Waals surface area contributed by atoms with Crippen molar-refractivity contribution in [1.29, 1.82) is 0 Å². The third-order valence-corrected chi connectivity index (χ3v) is 5.52. The summed E-state index contributed by atoms with van der Waals surface area (Å²) in [4.78, 5) is 18.2. The molecule has 1 aliphatic rings. The van der Waals surface area contributed by atoms with Crippen LogP contribution in [-0.2, 0) is 0 Å². The fourth-order valence-corrected chi connectivity index (χ4v) is 4.00. The van der Waals surface area contributed by atoms with Gasteiger partial charge in [-0.05, 0) is 43.2 Å². The first-order valence-electron chi connectivity index (χ1n) is 7.48. The second-order valence-corrected chi connectivity index (χ2v) is 7.08. The Morgan fingerprint density at radius 3 is 2.90 bits per heavy atom. The van der Waals surface area contributed by atoms with E-state index in [0.29, 0.717) is 16.0 Å². The molecule has 2 aromatic rings. The average Bonchev–Trinajstić information content (AvgIpc) is 3.14. The second-order valence-electron chi connectivity index (χ2n) is 6.09. The van der Waals surface area contributed by atoms with Gasteiger partial charge in [-0.3, -0.25) is 4.79 Å². The van der Waals surface area contributed by atoms with Crippen LogP contribution < -0.4 is 11.1 Å². The van der Waals surface area contributed by atoms with Crippen LogP contribution in [0.5, 0.6) is 0 Å². The highest BCUT2D eigenvalue weighted by atomic mass is 32.1. The Labute approximate surface area is 128 Å². The van der Waals surface area contributed by atoms with Crippen molar-refractivity contribution in [3.8, 4) is 0 Å². The number of carbonyl (C=O) groups is 1. The summed E-state index contributed by atoms with van der Waals surface area (Å²) in [6, 6.07) is 1.92. The van der Waals surface area contributed by atoms with E-state index in [0.717, 1.165) is 22.3 Å². The molecule has 4 nitrogen and oxygen atoms in total. The van der Waals surface area contributed by atoms with Crippen LogP contribution in [0.2, 0.25) is 0 Å². The van der Waals surface area contributed by atoms with Crippen molar-refractivity contribution in [2.75, 3.05) is 12.3 Å². The third-order valence-electron chi connectivity index (χ3n) is 4.40. The molecule has 1 saturated carbocycles. The van der Waals surface area contributed by atoms with E-state index in [1.54, 1.807) is 6.20 Å². The Bertz CT molecular complexity index is 688. The first kappa shape index (κ1) is 14.3. The number of carbonyl (C=O) groups excluding carboxylic acids is 1. The van der Waals surface area contributed by atoms with Crippen molar-refractivity contribution < 1.29 is 4.79 Å². The van der Waals surface area contributed by atoms with Gasteiger partial charge in [0.2, 0.25) is 0 Å². The molecule has 2 aromatic heterocycles. The van der Waals surface area contributed by atoms with E-state index in [-0.39, 0.29) is 5.91 Å². The molecule has 2 heterocycles.